The first-order valence-electron chi connectivity index (χ1n) is 4.78. The molecule has 1 atom stereocenters. The average Bonchev–Trinajstić information content (AvgIpc) is 2.07. The molecule has 1 aliphatic heterocycles. The van der Waals surface area contributed by atoms with Crippen LogP contribution in [0, 0.1) is 0 Å². The molecular weight excluding hydrogens is 138 g/mol. The van der Waals surface area contributed by atoms with Crippen LogP contribution >= 0.6 is 0 Å². The average molecular weight is 157 g/mol. The molecule has 0 aromatic heterocycles. The van der Waals surface area contributed by atoms with E-state index < -0.39 is 0 Å². The number of ether oxygens (including phenoxy) is 1. The van der Waals surface area contributed by atoms with Crippen molar-refractivity contribution < 1.29 is 4.74 Å². The van der Waals surface area contributed by atoms with E-state index >= 15 is 0 Å². The molecule has 0 bridgehead atoms. The van der Waals surface area contributed by atoms with E-state index in [1.807, 2.05) is 0 Å². The zero-order chi connectivity index (χ0) is 7.94. The van der Waals surface area contributed by atoms with Crippen LogP contribution in [0.5, 0.6) is 0 Å². The molecule has 11 heavy (non-hydrogen) atoms. The summed E-state index contributed by atoms with van der Waals surface area (Å²) >= 11 is 0. The fourth-order valence-corrected chi connectivity index (χ4v) is 1.33. The Morgan fingerprint density at radius 2 is 2.36 bits per heavy atom. The highest BCUT2D eigenvalue weighted by Crippen LogP contribution is 2.08. The summed E-state index contributed by atoms with van der Waals surface area (Å²) in [5.74, 6) is 0. The van der Waals surface area contributed by atoms with E-state index in [1.54, 1.807) is 0 Å². The van der Waals surface area contributed by atoms with Crippen LogP contribution in [-0.2, 0) is 4.74 Å². The van der Waals surface area contributed by atoms with E-state index in [0.29, 0.717) is 6.23 Å². The van der Waals surface area contributed by atoms with E-state index in [4.69, 9.17) is 4.74 Å². The number of piperidine rings is 1. The molecule has 0 aliphatic carbocycles. The third-order valence-corrected chi connectivity index (χ3v) is 2.08. The Labute approximate surface area is 69.3 Å². The first-order valence-corrected chi connectivity index (χ1v) is 4.78. The smallest absolute Gasteiger partial charge is 0.108 e. The minimum absolute atomic E-state index is 0.357. The second-order valence-electron chi connectivity index (χ2n) is 3.16. The lowest BCUT2D eigenvalue weighted by molar-refractivity contribution is 0.0111. The van der Waals surface area contributed by atoms with Crippen molar-refractivity contribution in [2.45, 2.75) is 45.3 Å². The molecule has 1 aliphatic rings. The largest absolute Gasteiger partial charge is 0.363 e. The highest BCUT2D eigenvalue weighted by Gasteiger charge is 2.11. The van der Waals surface area contributed by atoms with Crippen molar-refractivity contribution in [2.24, 2.45) is 0 Å². The Morgan fingerprint density at radius 1 is 1.45 bits per heavy atom. The molecule has 2 nitrogen and oxygen atoms in total. The normalized spacial score (nSPS) is 25.4. The molecule has 2 heteroatoms. The fourth-order valence-electron chi connectivity index (χ4n) is 1.33. The van der Waals surface area contributed by atoms with Gasteiger partial charge in [0.15, 0.2) is 0 Å². The number of hydrogen-bond acceptors (Lipinski definition) is 2. The van der Waals surface area contributed by atoms with Gasteiger partial charge in [-0.25, -0.2) is 0 Å². The molecule has 1 saturated heterocycles. The molecule has 0 amide bonds. The summed E-state index contributed by atoms with van der Waals surface area (Å²) in [5, 5.41) is 3.36. The molecule has 1 rings (SSSR count). The highest BCUT2D eigenvalue weighted by atomic mass is 16.5. The molecule has 1 fully saturated rings. The Kier molecular flexibility index (Phi) is 4.55. The molecule has 0 spiro atoms. The summed E-state index contributed by atoms with van der Waals surface area (Å²) < 4.78 is 5.61. The van der Waals surface area contributed by atoms with Crippen molar-refractivity contribution in [3.8, 4) is 0 Å². The van der Waals surface area contributed by atoms with Crippen LogP contribution < -0.4 is 5.32 Å². The summed E-state index contributed by atoms with van der Waals surface area (Å²) in [7, 11) is 0. The molecule has 66 valence electrons. The van der Waals surface area contributed by atoms with Gasteiger partial charge in [-0.15, -0.1) is 0 Å². The van der Waals surface area contributed by atoms with E-state index in [9.17, 15) is 0 Å². The molecule has 0 aromatic rings. The van der Waals surface area contributed by atoms with Crippen molar-refractivity contribution >= 4 is 0 Å². The first kappa shape index (κ1) is 9.01. The third kappa shape index (κ3) is 3.73. The molecule has 0 radical (unpaired) electrons. The highest BCUT2D eigenvalue weighted by molar-refractivity contribution is 4.63. The third-order valence-electron chi connectivity index (χ3n) is 2.08. The maximum absolute atomic E-state index is 5.61. The summed E-state index contributed by atoms with van der Waals surface area (Å²) in [6.45, 7) is 4.25. The predicted molar refractivity (Wildman–Crippen MR) is 46.5 cm³/mol. The molecule has 1 heterocycles. The first-order chi connectivity index (χ1) is 5.43. The van der Waals surface area contributed by atoms with Gasteiger partial charge in [-0.05, 0) is 32.2 Å². The second-order valence-corrected chi connectivity index (χ2v) is 3.16. The van der Waals surface area contributed by atoms with Gasteiger partial charge in [0.2, 0.25) is 0 Å². The monoisotopic (exact) mass is 157 g/mol. The van der Waals surface area contributed by atoms with Crippen LogP contribution in [0.2, 0.25) is 0 Å². The van der Waals surface area contributed by atoms with Gasteiger partial charge in [0.25, 0.3) is 0 Å². The topological polar surface area (TPSA) is 21.3 Å². The standard InChI is InChI=1S/C9H19NO/c1-2-3-8-11-9-6-4-5-7-10-9/h9-10H,2-8H2,1H3. The van der Waals surface area contributed by atoms with Crippen LogP contribution in [0.25, 0.3) is 0 Å². The van der Waals surface area contributed by atoms with Gasteiger partial charge in [0.1, 0.15) is 6.23 Å². The van der Waals surface area contributed by atoms with Gasteiger partial charge in [-0.1, -0.05) is 13.3 Å². The van der Waals surface area contributed by atoms with Crippen LogP contribution in [0.3, 0.4) is 0 Å². The molecule has 0 saturated carbocycles. The summed E-state index contributed by atoms with van der Waals surface area (Å²) in [4.78, 5) is 0. The molecular formula is C9H19NO. The minimum Gasteiger partial charge on any atom is -0.363 e. The summed E-state index contributed by atoms with van der Waals surface area (Å²) in [6, 6.07) is 0. The van der Waals surface area contributed by atoms with Crippen LogP contribution in [0.4, 0.5) is 0 Å². The number of rotatable bonds is 4. The van der Waals surface area contributed by atoms with Gasteiger partial charge >= 0.3 is 0 Å². The Bertz CT molecular complexity index is 89.6. The Morgan fingerprint density at radius 3 is 3.00 bits per heavy atom. The van der Waals surface area contributed by atoms with Gasteiger partial charge in [0.05, 0.1) is 0 Å². The van der Waals surface area contributed by atoms with E-state index in [0.717, 1.165) is 13.2 Å². The maximum Gasteiger partial charge on any atom is 0.108 e. The summed E-state index contributed by atoms with van der Waals surface area (Å²) in [6.07, 6.45) is 6.61. The van der Waals surface area contributed by atoms with Crippen molar-refractivity contribution in [1.29, 1.82) is 0 Å². The lowest BCUT2D eigenvalue weighted by Crippen LogP contribution is -2.36. The maximum atomic E-state index is 5.61. The van der Waals surface area contributed by atoms with Gasteiger partial charge in [-0.2, -0.15) is 0 Å². The van der Waals surface area contributed by atoms with Crippen LogP contribution in [0.1, 0.15) is 39.0 Å². The number of hydrogen-bond donors (Lipinski definition) is 1. The van der Waals surface area contributed by atoms with Crippen molar-refractivity contribution in [1.82, 2.24) is 5.32 Å². The van der Waals surface area contributed by atoms with E-state index in [1.165, 1.54) is 32.1 Å². The lowest BCUT2D eigenvalue weighted by atomic mass is 10.1. The van der Waals surface area contributed by atoms with Crippen molar-refractivity contribution in [3.63, 3.8) is 0 Å². The van der Waals surface area contributed by atoms with Gasteiger partial charge in [-0.3, -0.25) is 5.32 Å². The molecule has 1 N–H and O–H groups in total. The molecule has 1 unspecified atom stereocenters. The second kappa shape index (κ2) is 5.56. The quantitative estimate of drug-likeness (QED) is 0.629. The van der Waals surface area contributed by atoms with Crippen LogP contribution in [0.15, 0.2) is 0 Å². The molecule has 0 aromatic carbocycles. The lowest BCUT2D eigenvalue weighted by Gasteiger charge is -2.23. The summed E-state index contributed by atoms with van der Waals surface area (Å²) in [5.41, 5.74) is 0. The Balaban J connectivity index is 1.96. The zero-order valence-corrected chi connectivity index (χ0v) is 7.44. The van der Waals surface area contributed by atoms with E-state index in [2.05, 4.69) is 12.2 Å². The zero-order valence-electron chi connectivity index (χ0n) is 7.44. The predicted octanol–water partition coefficient (Wildman–Crippen LogP) is 1.90. The number of unbranched alkanes of at least 4 members (excludes halogenated alkanes) is 1. The van der Waals surface area contributed by atoms with Gasteiger partial charge in [0, 0.05) is 6.61 Å². The van der Waals surface area contributed by atoms with Crippen molar-refractivity contribution in [2.75, 3.05) is 13.2 Å². The minimum atomic E-state index is 0.357. The number of nitrogens with one attached hydrogen (secondary N) is 1. The fraction of sp³-hybridized carbons (Fsp3) is 1.00. The Hall–Kier alpha value is -0.0800. The van der Waals surface area contributed by atoms with Gasteiger partial charge < -0.3 is 4.74 Å². The van der Waals surface area contributed by atoms with Crippen molar-refractivity contribution in [3.05, 3.63) is 0 Å². The van der Waals surface area contributed by atoms with E-state index in [-0.39, 0.29) is 0 Å². The van der Waals surface area contributed by atoms with Crippen LogP contribution in [-0.4, -0.2) is 19.4 Å². The SMILES string of the molecule is CCCCOC1CCCCN1.